The molecule has 0 amide bonds. The van der Waals surface area contributed by atoms with Crippen LogP contribution in [0.2, 0.25) is 0 Å². The van der Waals surface area contributed by atoms with E-state index in [1.807, 2.05) is 6.92 Å². The van der Waals surface area contributed by atoms with E-state index in [0.717, 1.165) is 0 Å². The molecule has 1 aromatic carbocycles. The largest absolute Gasteiger partial charge is 0.478 e. The molecule has 0 saturated heterocycles. The molecule has 1 heterocycles. The number of nitrogens with zero attached hydrogens (tertiary/aromatic N) is 3. The molecular weight excluding hydrogens is 274 g/mol. The maximum absolute atomic E-state index is 11.1. The summed E-state index contributed by atoms with van der Waals surface area (Å²) >= 11 is 0. The third-order valence-electron chi connectivity index (χ3n) is 2.93. The fraction of sp³-hybridized carbons (Fsp3) is 0.214. The summed E-state index contributed by atoms with van der Waals surface area (Å²) in [4.78, 5) is 29.8. The van der Waals surface area contributed by atoms with E-state index >= 15 is 0 Å². The molecule has 0 aliphatic carbocycles. The number of carbonyl (C=O) groups is 1. The van der Waals surface area contributed by atoms with Crippen molar-refractivity contribution < 1.29 is 14.8 Å². The highest BCUT2D eigenvalue weighted by atomic mass is 16.6. The number of rotatable bonds is 5. The molecule has 0 radical (unpaired) electrons. The van der Waals surface area contributed by atoms with Gasteiger partial charge in [0.05, 0.1) is 21.7 Å². The fourth-order valence-corrected chi connectivity index (χ4v) is 1.97. The van der Waals surface area contributed by atoms with Gasteiger partial charge in [-0.15, -0.1) is 0 Å². The molecule has 0 spiro atoms. The lowest BCUT2D eigenvalue weighted by Crippen LogP contribution is -2.08. The molecule has 1 aromatic heterocycles. The molecule has 0 unspecified atom stereocenters. The first-order valence-corrected chi connectivity index (χ1v) is 6.37. The predicted octanol–water partition coefficient (Wildman–Crippen LogP) is 2.70. The van der Waals surface area contributed by atoms with Gasteiger partial charge >= 0.3 is 5.97 Å². The molecule has 21 heavy (non-hydrogen) atoms. The molecule has 7 heteroatoms. The normalized spacial score (nSPS) is 10.3. The fourth-order valence-electron chi connectivity index (χ4n) is 1.97. The van der Waals surface area contributed by atoms with E-state index in [-0.39, 0.29) is 22.6 Å². The predicted molar refractivity (Wildman–Crippen MR) is 75.1 cm³/mol. The zero-order chi connectivity index (χ0) is 15.4. The average molecular weight is 287 g/mol. The van der Waals surface area contributed by atoms with Crippen LogP contribution in [0.4, 0.5) is 5.69 Å². The molecule has 0 bridgehead atoms. The van der Waals surface area contributed by atoms with Crippen LogP contribution in [0.3, 0.4) is 0 Å². The van der Waals surface area contributed by atoms with Gasteiger partial charge in [-0.25, -0.2) is 14.8 Å². The van der Waals surface area contributed by atoms with Crippen LogP contribution in [0.15, 0.2) is 30.5 Å². The van der Waals surface area contributed by atoms with Gasteiger partial charge in [-0.2, -0.15) is 0 Å². The van der Waals surface area contributed by atoms with Crippen molar-refractivity contribution in [2.24, 2.45) is 0 Å². The minimum atomic E-state index is -1.10. The number of nitro benzene ring substituents is 1. The third-order valence-corrected chi connectivity index (χ3v) is 2.93. The van der Waals surface area contributed by atoms with Crippen molar-refractivity contribution >= 4 is 11.7 Å². The Bertz CT molecular complexity index is 700. The van der Waals surface area contributed by atoms with Crippen molar-refractivity contribution in [3.63, 3.8) is 0 Å². The van der Waals surface area contributed by atoms with Crippen molar-refractivity contribution in [3.05, 3.63) is 51.8 Å². The highest BCUT2D eigenvalue weighted by Gasteiger charge is 2.19. The Morgan fingerprint density at radius 1 is 1.38 bits per heavy atom. The number of hydrogen-bond acceptors (Lipinski definition) is 5. The summed E-state index contributed by atoms with van der Waals surface area (Å²) in [5, 5.41) is 20.1. The van der Waals surface area contributed by atoms with Crippen LogP contribution in [0.25, 0.3) is 11.4 Å². The number of carboxylic acid groups (broad SMARTS) is 1. The molecule has 0 aliphatic heterocycles. The molecular formula is C14H13N3O4. The van der Waals surface area contributed by atoms with Gasteiger partial charge in [-0.05, 0) is 12.5 Å². The SMILES string of the molecule is CCCc1nc(-c2ccccc2[N+](=O)[O-])ncc1C(=O)O. The lowest BCUT2D eigenvalue weighted by atomic mass is 10.1. The first-order chi connectivity index (χ1) is 10.0. The minimum absolute atomic E-state index is 0.0270. The number of aromatic nitrogens is 2. The number of aryl methyl sites for hydroxylation is 1. The van der Waals surface area contributed by atoms with Crippen LogP contribution in [0.5, 0.6) is 0 Å². The van der Waals surface area contributed by atoms with Crippen LogP contribution in [0, 0.1) is 10.1 Å². The monoisotopic (exact) mass is 287 g/mol. The Morgan fingerprint density at radius 3 is 2.71 bits per heavy atom. The average Bonchev–Trinajstić information content (AvgIpc) is 2.47. The van der Waals surface area contributed by atoms with E-state index in [0.29, 0.717) is 18.5 Å². The number of benzene rings is 1. The first kappa shape index (κ1) is 14.6. The lowest BCUT2D eigenvalue weighted by Gasteiger charge is -2.07. The summed E-state index contributed by atoms with van der Waals surface area (Å²) < 4.78 is 0. The van der Waals surface area contributed by atoms with Crippen LogP contribution in [-0.4, -0.2) is 26.0 Å². The van der Waals surface area contributed by atoms with Crippen molar-refractivity contribution in [2.75, 3.05) is 0 Å². The Kier molecular flexibility index (Phi) is 4.22. The van der Waals surface area contributed by atoms with Crippen LogP contribution < -0.4 is 0 Å². The molecule has 0 aliphatic rings. The second-order valence-corrected chi connectivity index (χ2v) is 4.38. The Labute approximate surface area is 120 Å². The molecule has 2 rings (SSSR count). The lowest BCUT2D eigenvalue weighted by molar-refractivity contribution is -0.384. The maximum Gasteiger partial charge on any atom is 0.339 e. The highest BCUT2D eigenvalue weighted by Crippen LogP contribution is 2.27. The number of nitro groups is 1. The highest BCUT2D eigenvalue weighted by molar-refractivity contribution is 5.88. The van der Waals surface area contributed by atoms with Gasteiger partial charge in [-0.3, -0.25) is 10.1 Å². The molecule has 0 fully saturated rings. The summed E-state index contributed by atoms with van der Waals surface area (Å²) in [6.45, 7) is 1.90. The number of aromatic carboxylic acids is 1. The summed E-state index contributed by atoms with van der Waals surface area (Å²) in [5.41, 5.74) is 0.576. The van der Waals surface area contributed by atoms with Gasteiger partial charge in [0.2, 0.25) is 0 Å². The van der Waals surface area contributed by atoms with Crippen LogP contribution >= 0.6 is 0 Å². The van der Waals surface area contributed by atoms with E-state index in [1.165, 1.54) is 12.3 Å². The quantitative estimate of drug-likeness (QED) is 0.669. The third kappa shape index (κ3) is 3.02. The van der Waals surface area contributed by atoms with Crippen LogP contribution in [-0.2, 0) is 6.42 Å². The molecule has 2 aromatic rings. The maximum atomic E-state index is 11.1. The summed E-state index contributed by atoms with van der Waals surface area (Å²) in [7, 11) is 0. The van der Waals surface area contributed by atoms with Gasteiger partial charge in [0.15, 0.2) is 5.82 Å². The molecule has 1 N–H and O–H groups in total. The van der Waals surface area contributed by atoms with E-state index in [1.54, 1.807) is 18.2 Å². The zero-order valence-electron chi connectivity index (χ0n) is 11.3. The molecule has 7 nitrogen and oxygen atoms in total. The first-order valence-electron chi connectivity index (χ1n) is 6.37. The van der Waals surface area contributed by atoms with Gasteiger partial charge in [0.1, 0.15) is 0 Å². The molecule has 0 atom stereocenters. The van der Waals surface area contributed by atoms with Crippen LogP contribution in [0.1, 0.15) is 29.4 Å². The Hall–Kier alpha value is -2.83. The van der Waals surface area contributed by atoms with E-state index < -0.39 is 10.9 Å². The topological polar surface area (TPSA) is 106 Å². The molecule has 0 saturated carbocycles. The Morgan fingerprint density at radius 2 is 2.10 bits per heavy atom. The summed E-state index contributed by atoms with van der Waals surface area (Å²) in [5.74, 6) is -0.941. The van der Waals surface area contributed by atoms with Crippen molar-refractivity contribution in [3.8, 4) is 11.4 Å². The van der Waals surface area contributed by atoms with Crippen molar-refractivity contribution in [2.45, 2.75) is 19.8 Å². The minimum Gasteiger partial charge on any atom is -0.478 e. The summed E-state index contributed by atoms with van der Waals surface area (Å²) in [6.07, 6.45) is 2.39. The standard InChI is InChI=1S/C14H13N3O4/c1-2-5-11-10(14(18)19)8-15-13(16-11)9-6-3-4-7-12(9)17(20)21/h3-4,6-8H,2,5H2,1H3,(H,18,19). The second-order valence-electron chi connectivity index (χ2n) is 4.38. The van der Waals surface area contributed by atoms with Crippen molar-refractivity contribution in [1.82, 2.24) is 9.97 Å². The van der Waals surface area contributed by atoms with Gasteiger partial charge in [-0.1, -0.05) is 25.5 Å². The second kappa shape index (κ2) is 6.08. The smallest absolute Gasteiger partial charge is 0.339 e. The Balaban J connectivity index is 2.58. The number of hydrogen-bond donors (Lipinski definition) is 1. The van der Waals surface area contributed by atoms with E-state index in [4.69, 9.17) is 5.11 Å². The molecule has 108 valence electrons. The zero-order valence-corrected chi connectivity index (χ0v) is 11.3. The van der Waals surface area contributed by atoms with Gasteiger partial charge < -0.3 is 5.11 Å². The van der Waals surface area contributed by atoms with E-state index in [2.05, 4.69) is 9.97 Å². The number of para-hydroxylation sites is 1. The van der Waals surface area contributed by atoms with Gasteiger partial charge in [0, 0.05) is 12.3 Å². The van der Waals surface area contributed by atoms with Crippen molar-refractivity contribution in [1.29, 1.82) is 0 Å². The van der Waals surface area contributed by atoms with E-state index in [9.17, 15) is 14.9 Å². The van der Waals surface area contributed by atoms with Gasteiger partial charge in [0.25, 0.3) is 5.69 Å². The summed E-state index contributed by atoms with van der Waals surface area (Å²) in [6, 6.07) is 6.11. The number of carboxylic acids is 1.